The van der Waals surface area contributed by atoms with E-state index in [0.717, 1.165) is 83.5 Å². The number of hydrogen-bond acceptors (Lipinski definition) is 15. The van der Waals surface area contributed by atoms with Gasteiger partial charge in [-0.2, -0.15) is 0 Å². The first-order valence-corrected chi connectivity index (χ1v) is 26.5. The molecule has 4 unspecified atom stereocenters. The lowest BCUT2D eigenvalue weighted by Crippen LogP contribution is -2.61. The number of aliphatic hydroxyl groups is 7. The standard InChI is InChI=1S/C57H90O15/c1-3-5-7-9-11-13-15-17-19-21-22-24-25-27-29-31-33-35-37-39-48(59)67-42-45(70-49(60)40-38-36-34-32-30-28-26-23-20-18-16-14-12-10-8-6-4-2)43-68-56-55(66)53(64)51(62)47(72-56)44-69-57-54(65)52(63)50(61)46(41-58)71-57/h8,10-11,13-14,16-17,19-20,22-24,27-30,33,35,45-47,50-58,61-66H,3-7,9,12,15,18,21,25-26,31-32,34,36-44H2,1-2H3/b10-8+,13-11+,16-14+,19-17+,23-20+,24-22+,29-27+,30-28+,35-33+/t45-,46+,47+,50-,51-,52?,53?,54?,55?,56+,57+/m0/s1. The molecule has 0 bridgehead atoms. The predicted octanol–water partition coefficient (Wildman–Crippen LogP) is 7.93. The van der Waals surface area contributed by atoms with Crippen LogP contribution in [0, 0.1) is 0 Å². The van der Waals surface area contributed by atoms with Crippen molar-refractivity contribution in [3.05, 3.63) is 109 Å². The van der Waals surface area contributed by atoms with E-state index >= 15 is 0 Å². The Morgan fingerprint density at radius 1 is 0.444 bits per heavy atom. The normalized spacial score (nSPS) is 25.9. The first-order valence-electron chi connectivity index (χ1n) is 26.5. The maximum Gasteiger partial charge on any atom is 0.306 e. The Kier molecular flexibility index (Phi) is 37.9. The number of esters is 2. The van der Waals surface area contributed by atoms with Crippen LogP contribution in [-0.4, -0.2) is 142 Å². The second-order valence-electron chi connectivity index (χ2n) is 18.0. The van der Waals surface area contributed by atoms with Gasteiger partial charge in [0.05, 0.1) is 19.8 Å². The smallest absolute Gasteiger partial charge is 0.306 e. The van der Waals surface area contributed by atoms with E-state index in [1.54, 1.807) is 0 Å². The Hall–Kier alpha value is -3.84. The molecule has 72 heavy (non-hydrogen) atoms. The Morgan fingerprint density at radius 2 is 0.889 bits per heavy atom. The van der Waals surface area contributed by atoms with Gasteiger partial charge in [-0.15, -0.1) is 0 Å². The molecule has 0 aromatic carbocycles. The first-order chi connectivity index (χ1) is 35.0. The third-order valence-electron chi connectivity index (χ3n) is 11.7. The molecule has 2 fully saturated rings. The number of carbonyl (C=O) groups excluding carboxylic acids is 2. The molecule has 0 saturated carbocycles. The summed E-state index contributed by atoms with van der Waals surface area (Å²) in [5.74, 6) is -1.07. The van der Waals surface area contributed by atoms with E-state index in [-0.39, 0.29) is 19.4 Å². The molecule has 2 aliphatic heterocycles. The molecule has 2 saturated heterocycles. The van der Waals surface area contributed by atoms with E-state index in [0.29, 0.717) is 12.8 Å². The highest BCUT2D eigenvalue weighted by atomic mass is 16.7. The van der Waals surface area contributed by atoms with Gasteiger partial charge in [0, 0.05) is 12.8 Å². The zero-order chi connectivity index (χ0) is 52.4. The number of unbranched alkanes of at least 4 members (excludes halogenated alkanes) is 7. The number of aliphatic hydroxyl groups excluding tert-OH is 7. The highest BCUT2D eigenvalue weighted by molar-refractivity contribution is 5.70. The summed E-state index contributed by atoms with van der Waals surface area (Å²) in [5.41, 5.74) is 0. The van der Waals surface area contributed by atoms with Crippen molar-refractivity contribution in [3.63, 3.8) is 0 Å². The monoisotopic (exact) mass is 1010 g/mol. The Bertz CT molecular complexity index is 1660. The molecule has 0 aliphatic carbocycles. The van der Waals surface area contributed by atoms with Crippen molar-refractivity contribution in [1.82, 2.24) is 0 Å². The van der Waals surface area contributed by atoms with E-state index in [1.807, 2.05) is 12.2 Å². The largest absolute Gasteiger partial charge is 0.462 e. The summed E-state index contributed by atoms with van der Waals surface area (Å²) in [6.45, 7) is 2.36. The minimum absolute atomic E-state index is 0.0800. The quantitative estimate of drug-likeness (QED) is 0.0176. The molecule has 0 aromatic rings. The number of allylic oxidation sites excluding steroid dienone is 18. The molecular weight excluding hydrogens is 925 g/mol. The third kappa shape index (κ3) is 29.8. The molecule has 2 rings (SSSR count). The molecule has 0 aromatic heterocycles. The maximum atomic E-state index is 13.0. The molecule has 15 nitrogen and oxygen atoms in total. The van der Waals surface area contributed by atoms with Crippen molar-refractivity contribution >= 4 is 11.9 Å². The van der Waals surface area contributed by atoms with Crippen molar-refractivity contribution in [2.75, 3.05) is 26.4 Å². The number of ether oxygens (including phenoxy) is 6. The van der Waals surface area contributed by atoms with Crippen LogP contribution in [0.4, 0.5) is 0 Å². The summed E-state index contributed by atoms with van der Waals surface area (Å²) in [6, 6.07) is 0. The fraction of sp³-hybridized carbons (Fsp3) is 0.649. The molecule has 0 spiro atoms. The second-order valence-corrected chi connectivity index (χ2v) is 18.0. The highest BCUT2D eigenvalue weighted by Crippen LogP contribution is 2.26. The van der Waals surface area contributed by atoms with Gasteiger partial charge in [0.2, 0.25) is 0 Å². The first kappa shape index (κ1) is 64.3. The fourth-order valence-electron chi connectivity index (χ4n) is 7.36. The Balaban J connectivity index is 1.85. The summed E-state index contributed by atoms with van der Waals surface area (Å²) in [5, 5.41) is 72.1. The molecule has 0 radical (unpaired) electrons. The van der Waals surface area contributed by atoms with Gasteiger partial charge in [-0.25, -0.2) is 0 Å². The van der Waals surface area contributed by atoms with Crippen molar-refractivity contribution in [1.29, 1.82) is 0 Å². The molecular formula is C57H90O15. The average Bonchev–Trinajstić information content (AvgIpc) is 3.37. The van der Waals surface area contributed by atoms with Crippen LogP contribution < -0.4 is 0 Å². The summed E-state index contributed by atoms with van der Waals surface area (Å²) in [7, 11) is 0. The molecule has 15 heteroatoms. The van der Waals surface area contributed by atoms with E-state index < -0.39 is 99.3 Å². The number of hydrogen-bond donors (Lipinski definition) is 7. The average molecular weight is 1020 g/mol. The van der Waals surface area contributed by atoms with Crippen molar-refractivity contribution < 1.29 is 73.8 Å². The van der Waals surface area contributed by atoms with E-state index in [9.17, 15) is 45.3 Å². The minimum atomic E-state index is -1.79. The van der Waals surface area contributed by atoms with E-state index in [1.165, 1.54) is 19.3 Å². The topological polar surface area (TPSA) is 231 Å². The van der Waals surface area contributed by atoms with Gasteiger partial charge in [0.25, 0.3) is 0 Å². The van der Waals surface area contributed by atoms with Crippen LogP contribution in [0.25, 0.3) is 0 Å². The van der Waals surface area contributed by atoms with Crippen molar-refractivity contribution in [2.24, 2.45) is 0 Å². The lowest BCUT2D eigenvalue weighted by atomic mass is 9.98. The van der Waals surface area contributed by atoms with Crippen LogP contribution in [0.5, 0.6) is 0 Å². The highest BCUT2D eigenvalue weighted by Gasteiger charge is 2.47. The molecule has 0 amide bonds. The van der Waals surface area contributed by atoms with Crippen LogP contribution in [0.15, 0.2) is 109 Å². The molecule has 408 valence electrons. The number of carbonyl (C=O) groups is 2. The van der Waals surface area contributed by atoms with Crippen molar-refractivity contribution in [2.45, 2.75) is 210 Å². The minimum Gasteiger partial charge on any atom is -0.462 e. The van der Waals surface area contributed by atoms with Gasteiger partial charge < -0.3 is 64.2 Å². The van der Waals surface area contributed by atoms with E-state index in [2.05, 4.69) is 111 Å². The van der Waals surface area contributed by atoms with Crippen LogP contribution in [-0.2, 0) is 38.0 Å². The molecule has 11 atom stereocenters. The zero-order valence-corrected chi connectivity index (χ0v) is 43.1. The summed E-state index contributed by atoms with van der Waals surface area (Å²) in [4.78, 5) is 25.8. The van der Waals surface area contributed by atoms with Crippen molar-refractivity contribution in [3.8, 4) is 0 Å². The maximum absolute atomic E-state index is 13.0. The van der Waals surface area contributed by atoms with Crippen LogP contribution >= 0.6 is 0 Å². The summed E-state index contributed by atoms with van der Waals surface area (Å²) >= 11 is 0. The van der Waals surface area contributed by atoms with Gasteiger partial charge in [0.1, 0.15) is 55.4 Å². The Labute approximate surface area is 430 Å². The third-order valence-corrected chi connectivity index (χ3v) is 11.7. The zero-order valence-electron chi connectivity index (χ0n) is 43.1. The van der Waals surface area contributed by atoms with Crippen LogP contribution in [0.1, 0.15) is 142 Å². The van der Waals surface area contributed by atoms with Gasteiger partial charge in [-0.1, -0.05) is 149 Å². The summed E-state index contributed by atoms with van der Waals surface area (Å²) in [6.07, 6.45) is 38.4. The lowest BCUT2D eigenvalue weighted by molar-refractivity contribution is -0.332. The SMILES string of the molecule is CCC/C=C/C/C=C/C/C=C/C/C=C/CCCCCC(=O)O[C@@H](COC(=O)CC/C=C/C/C=C/C/C=C/C/C=C/C/C=C/CCCCC)CO[C@@H]1O[C@H](CO[C@@H]2O[C@H](CO)[C@H](O)C(O)C2O)[C@H](O)C(O)C1O. The van der Waals surface area contributed by atoms with Crippen LogP contribution in [0.2, 0.25) is 0 Å². The summed E-state index contributed by atoms with van der Waals surface area (Å²) < 4.78 is 33.5. The molecule has 2 aliphatic rings. The van der Waals surface area contributed by atoms with Gasteiger partial charge in [-0.05, 0) is 89.9 Å². The second kappa shape index (κ2) is 42.5. The number of rotatable bonds is 39. The lowest BCUT2D eigenvalue weighted by Gasteiger charge is -2.42. The van der Waals surface area contributed by atoms with Crippen LogP contribution in [0.3, 0.4) is 0 Å². The Morgan fingerprint density at radius 3 is 1.39 bits per heavy atom. The van der Waals surface area contributed by atoms with E-state index in [4.69, 9.17) is 28.4 Å². The van der Waals surface area contributed by atoms with Gasteiger partial charge in [0.15, 0.2) is 18.7 Å². The molecule has 2 heterocycles. The van der Waals surface area contributed by atoms with Gasteiger partial charge in [-0.3, -0.25) is 9.59 Å². The van der Waals surface area contributed by atoms with Gasteiger partial charge >= 0.3 is 11.9 Å². The fourth-order valence-corrected chi connectivity index (χ4v) is 7.36. The predicted molar refractivity (Wildman–Crippen MR) is 279 cm³/mol. The molecule has 7 N–H and O–H groups in total.